The summed E-state index contributed by atoms with van der Waals surface area (Å²) in [5, 5.41) is 1.20. The number of hydrogen-bond donors (Lipinski definition) is 0. The molecule has 3 atom stereocenters. The smallest absolute Gasteiger partial charge is 0.253 e. The number of amides is 1. The van der Waals surface area contributed by atoms with Crippen molar-refractivity contribution in [1.29, 1.82) is 0 Å². The lowest BCUT2D eigenvalue weighted by Gasteiger charge is -2.37. The second-order valence-corrected chi connectivity index (χ2v) is 9.60. The van der Waals surface area contributed by atoms with Gasteiger partial charge in [-0.2, -0.15) is 0 Å². The van der Waals surface area contributed by atoms with Crippen LogP contribution in [0.1, 0.15) is 49.9 Å². The van der Waals surface area contributed by atoms with E-state index in [2.05, 4.69) is 47.7 Å². The molecule has 0 spiro atoms. The molecule has 3 aliphatic rings. The van der Waals surface area contributed by atoms with Gasteiger partial charge in [-0.05, 0) is 75.1 Å². The van der Waals surface area contributed by atoms with E-state index < -0.39 is 0 Å². The molecule has 0 N–H and O–H groups in total. The Bertz CT molecular complexity index is 862. The average Bonchev–Trinajstić information content (AvgIpc) is 3.43. The van der Waals surface area contributed by atoms with E-state index >= 15 is 0 Å². The molecule has 1 amide bonds. The SMILES string of the molecule is CC(C)N1CCN(C(=O)c2ccc3c(ccn3CC3C[C@@H]4CC[C@@H]3C4)c2)CC1. The van der Waals surface area contributed by atoms with Crippen LogP contribution >= 0.6 is 0 Å². The largest absolute Gasteiger partial charge is 0.347 e. The molecule has 3 fully saturated rings. The van der Waals surface area contributed by atoms with E-state index in [4.69, 9.17) is 0 Å². The Hall–Kier alpha value is -1.81. The highest BCUT2D eigenvalue weighted by molar-refractivity contribution is 5.98. The Balaban J connectivity index is 1.29. The highest BCUT2D eigenvalue weighted by atomic mass is 16.2. The zero-order chi connectivity index (χ0) is 19.3. The molecular formula is C24H33N3O. The first-order valence-corrected chi connectivity index (χ1v) is 11.2. The van der Waals surface area contributed by atoms with Crippen molar-refractivity contribution in [3.63, 3.8) is 0 Å². The number of carbonyl (C=O) groups is 1. The number of hydrogen-bond acceptors (Lipinski definition) is 2. The van der Waals surface area contributed by atoms with Crippen LogP contribution in [0.2, 0.25) is 0 Å². The van der Waals surface area contributed by atoms with Crippen molar-refractivity contribution in [2.45, 2.75) is 52.1 Å². The van der Waals surface area contributed by atoms with Gasteiger partial charge in [-0.1, -0.05) is 6.42 Å². The molecule has 2 saturated carbocycles. The van der Waals surface area contributed by atoms with Crippen LogP contribution in [0.4, 0.5) is 0 Å². The summed E-state index contributed by atoms with van der Waals surface area (Å²) >= 11 is 0. The fourth-order valence-electron chi connectivity index (χ4n) is 5.97. The molecule has 28 heavy (non-hydrogen) atoms. The van der Waals surface area contributed by atoms with E-state index in [9.17, 15) is 4.79 Å². The van der Waals surface area contributed by atoms with E-state index in [1.165, 1.54) is 36.6 Å². The lowest BCUT2D eigenvalue weighted by molar-refractivity contribution is 0.0595. The zero-order valence-corrected chi connectivity index (χ0v) is 17.3. The van der Waals surface area contributed by atoms with Crippen molar-refractivity contribution in [3.8, 4) is 0 Å². The number of nitrogens with zero attached hydrogens (tertiary/aromatic N) is 3. The standard InChI is InChI=1S/C24H33N3O/c1-17(2)25-9-11-26(12-10-25)24(28)21-5-6-23-20(15-21)7-8-27(23)16-22-14-18-3-4-19(22)13-18/h5-8,15,17-19,22H,3-4,9-14,16H2,1-2H3/t18-,19-,22?/m1/s1. The minimum Gasteiger partial charge on any atom is -0.347 e. The normalized spacial score (nSPS) is 28.0. The van der Waals surface area contributed by atoms with Crippen molar-refractivity contribution in [2.75, 3.05) is 26.2 Å². The second kappa shape index (κ2) is 7.22. The van der Waals surface area contributed by atoms with Crippen molar-refractivity contribution in [3.05, 3.63) is 36.0 Å². The molecule has 5 rings (SSSR count). The fourth-order valence-corrected chi connectivity index (χ4v) is 5.97. The highest BCUT2D eigenvalue weighted by Gasteiger charge is 2.39. The van der Waals surface area contributed by atoms with Crippen LogP contribution in [0.3, 0.4) is 0 Å². The minimum atomic E-state index is 0.186. The third-order valence-electron chi connectivity index (χ3n) is 7.67. The van der Waals surface area contributed by atoms with Gasteiger partial charge in [-0.3, -0.25) is 9.69 Å². The Morgan fingerprint density at radius 1 is 1.07 bits per heavy atom. The van der Waals surface area contributed by atoms with Crippen molar-refractivity contribution < 1.29 is 4.79 Å². The van der Waals surface area contributed by atoms with Crippen molar-refractivity contribution in [2.24, 2.45) is 17.8 Å². The van der Waals surface area contributed by atoms with E-state index in [0.717, 1.165) is 56.0 Å². The van der Waals surface area contributed by atoms with Crippen LogP contribution in [-0.4, -0.2) is 52.5 Å². The number of piperazine rings is 1. The third-order valence-corrected chi connectivity index (χ3v) is 7.67. The Morgan fingerprint density at radius 2 is 1.89 bits per heavy atom. The molecule has 2 heterocycles. The lowest BCUT2D eigenvalue weighted by atomic mass is 9.89. The summed E-state index contributed by atoms with van der Waals surface area (Å²) in [4.78, 5) is 17.5. The van der Waals surface area contributed by atoms with E-state index in [1.807, 2.05) is 11.0 Å². The van der Waals surface area contributed by atoms with Crippen LogP contribution in [0, 0.1) is 17.8 Å². The number of carbonyl (C=O) groups excluding carboxylic acids is 1. The number of benzene rings is 1. The summed E-state index contributed by atoms with van der Waals surface area (Å²) < 4.78 is 2.43. The molecule has 1 saturated heterocycles. The summed E-state index contributed by atoms with van der Waals surface area (Å²) in [5.41, 5.74) is 2.12. The quantitative estimate of drug-likeness (QED) is 0.795. The first-order valence-electron chi connectivity index (χ1n) is 11.2. The van der Waals surface area contributed by atoms with Gasteiger partial charge < -0.3 is 9.47 Å². The molecule has 2 bridgehead atoms. The number of fused-ring (bicyclic) bond motifs is 3. The van der Waals surface area contributed by atoms with Gasteiger partial charge in [0.05, 0.1) is 0 Å². The summed E-state index contributed by atoms with van der Waals surface area (Å²) in [6.45, 7) is 9.23. The fraction of sp³-hybridized carbons (Fsp3) is 0.625. The van der Waals surface area contributed by atoms with Gasteiger partial charge >= 0.3 is 0 Å². The molecule has 1 aromatic carbocycles. The molecule has 0 radical (unpaired) electrons. The van der Waals surface area contributed by atoms with Crippen molar-refractivity contribution >= 4 is 16.8 Å². The molecular weight excluding hydrogens is 346 g/mol. The van der Waals surface area contributed by atoms with E-state index in [0.29, 0.717) is 6.04 Å². The average molecular weight is 380 g/mol. The van der Waals surface area contributed by atoms with Gasteiger partial charge in [0.25, 0.3) is 5.91 Å². The molecule has 1 aromatic heterocycles. The lowest BCUT2D eigenvalue weighted by Crippen LogP contribution is -2.50. The summed E-state index contributed by atoms with van der Waals surface area (Å²) in [7, 11) is 0. The molecule has 1 unspecified atom stereocenters. The predicted molar refractivity (Wildman–Crippen MR) is 113 cm³/mol. The first-order chi connectivity index (χ1) is 13.6. The van der Waals surface area contributed by atoms with Crippen molar-refractivity contribution in [1.82, 2.24) is 14.4 Å². The van der Waals surface area contributed by atoms with Crippen LogP contribution in [0.25, 0.3) is 10.9 Å². The van der Waals surface area contributed by atoms with Gasteiger partial charge in [0.15, 0.2) is 0 Å². The first kappa shape index (κ1) is 18.2. The number of rotatable bonds is 4. The molecule has 4 heteroatoms. The molecule has 2 aromatic rings. The highest BCUT2D eigenvalue weighted by Crippen LogP contribution is 2.49. The number of aromatic nitrogens is 1. The van der Waals surface area contributed by atoms with E-state index in [-0.39, 0.29) is 5.91 Å². The summed E-state index contributed by atoms with van der Waals surface area (Å²) in [6, 6.07) is 9.06. The Labute approximate surface area is 168 Å². The third kappa shape index (κ3) is 3.26. The molecule has 1 aliphatic heterocycles. The van der Waals surface area contributed by atoms with E-state index in [1.54, 1.807) is 0 Å². The van der Waals surface area contributed by atoms with Gasteiger partial charge in [-0.25, -0.2) is 0 Å². The molecule has 150 valence electrons. The van der Waals surface area contributed by atoms with Crippen LogP contribution in [0.5, 0.6) is 0 Å². The summed E-state index contributed by atoms with van der Waals surface area (Å²) in [6.07, 6.45) is 8.02. The topological polar surface area (TPSA) is 28.5 Å². The van der Waals surface area contributed by atoms with Crippen LogP contribution in [0.15, 0.2) is 30.5 Å². The Morgan fingerprint density at radius 3 is 2.57 bits per heavy atom. The maximum atomic E-state index is 13.0. The van der Waals surface area contributed by atoms with Gasteiger partial charge in [-0.15, -0.1) is 0 Å². The van der Waals surface area contributed by atoms with Gasteiger partial charge in [0.2, 0.25) is 0 Å². The molecule has 2 aliphatic carbocycles. The maximum absolute atomic E-state index is 13.0. The van der Waals surface area contributed by atoms with Crippen LogP contribution in [-0.2, 0) is 6.54 Å². The predicted octanol–water partition coefficient (Wildman–Crippen LogP) is 4.24. The van der Waals surface area contributed by atoms with Crippen LogP contribution < -0.4 is 0 Å². The monoisotopic (exact) mass is 379 g/mol. The molecule has 4 nitrogen and oxygen atoms in total. The minimum absolute atomic E-state index is 0.186. The maximum Gasteiger partial charge on any atom is 0.253 e. The van der Waals surface area contributed by atoms with Gasteiger partial charge in [0.1, 0.15) is 0 Å². The Kier molecular flexibility index (Phi) is 4.70. The summed E-state index contributed by atoms with van der Waals surface area (Å²) in [5.74, 6) is 2.99. The van der Waals surface area contributed by atoms with Gasteiger partial charge in [0, 0.05) is 61.4 Å². The zero-order valence-electron chi connectivity index (χ0n) is 17.3. The second-order valence-electron chi connectivity index (χ2n) is 9.60.